The van der Waals surface area contributed by atoms with Crippen molar-refractivity contribution >= 4 is 17.9 Å². The number of hydrogen-bond acceptors (Lipinski definition) is 6. The van der Waals surface area contributed by atoms with Gasteiger partial charge in [-0.2, -0.15) is 0 Å². The Morgan fingerprint density at radius 3 is 0.815 bits per heavy atom. The first-order chi connectivity index (χ1) is 40.0. The van der Waals surface area contributed by atoms with Gasteiger partial charge in [0, 0.05) is 19.3 Å². The zero-order valence-electron chi connectivity index (χ0n) is 52.8. The topological polar surface area (TPSA) is 78.9 Å². The zero-order valence-corrected chi connectivity index (χ0v) is 52.8. The maximum atomic E-state index is 12.9. The molecule has 0 bridgehead atoms. The van der Waals surface area contributed by atoms with E-state index in [0.717, 1.165) is 116 Å². The molecule has 0 heterocycles. The molecule has 81 heavy (non-hydrogen) atoms. The van der Waals surface area contributed by atoms with Crippen LogP contribution in [-0.2, 0) is 28.6 Å². The average molecular weight is 1120 g/mol. The van der Waals surface area contributed by atoms with Gasteiger partial charge in [-0.15, -0.1) is 0 Å². The number of allylic oxidation sites excluding steroid dienone is 22. The van der Waals surface area contributed by atoms with E-state index < -0.39 is 6.10 Å². The molecule has 0 aliphatic heterocycles. The lowest BCUT2D eigenvalue weighted by Gasteiger charge is -2.18. The van der Waals surface area contributed by atoms with Crippen molar-refractivity contribution < 1.29 is 28.6 Å². The first-order valence-electron chi connectivity index (χ1n) is 33.7. The fraction of sp³-hybridized carbons (Fsp3) is 0.667. The van der Waals surface area contributed by atoms with Crippen LogP contribution in [0.5, 0.6) is 0 Å². The van der Waals surface area contributed by atoms with Crippen molar-refractivity contribution in [3.05, 3.63) is 134 Å². The highest BCUT2D eigenvalue weighted by Gasteiger charge is 2.19. The van der Waals surface area contributed by atoms with Crippen LogP contribution in [0.4, 0.5) is 0 Å². The summed E-state index contributed by atoms with van der Waals surface area (Å²) in [6.07, 6.45) is 96.0. The van der Waals surface area contributed by atoms with Gasteiger partial charge in [-0.1, -0.05) is 276 Å². The summed E-state index contributed by atoms with van der Waals surface area (Å²) in [4.78, 5) is 38.4. The molecule has 0 aromatic rings. The molecule has 460 valence electrons. The van der Waals surface area contributed by atoms with Crippen molar-refractivity contribution in [1.29, 1.82) is 0 Å². The standard InChI is InChI=1S/C75H124O6/c1-4-7-10-13-16-19-22-25-28-31-33-34-35-36-37-38-39-40-42-44-47-50-53-56-59-62-65-68-74(77)80-71-72(70-79-73(76)67-64-61-58-55-52-49-46-43-30-27-24-21-18-15-12-9-6-3)81-75(78)69-66-63-60-57-54-51-48-45-41-32-29-26-23-20-17-14-11-8-5-2/h7,10,16,18-19,21,25-30,33-34,36-37,39-40,44,47,53,56,72H,4-6,8-9,11-15,17,20,22-24,31-32,35,38,41-43,45-46,48-52,54-55,57-71H2,1-3H3/b10-7-,19-16-,21-18-,28-25-,29-26-,30-27-,34-33-,37-36-,40-39-,47-44-,56-53-. The van der Waals surface area contributed by atoms with Gasteiger partial charge in [-0.05, 0) is 141 Å². The van der Waals surface area contributed by atoms with Gasteiger partial charge in [0.15, 0.2) is 6.10 Å². The summed E-state index contributed by atoms with van der Waals surface area (Å²) in [5.41, 5.74) is 0. The maximum absolute atomic E-state index is 12.9. The largest absolute Gasteiger partial charge is 0.462 e. The summed E-state index contributed by atoms with van der Waals surface area (Å²) in [7, 11) is 0. The second-order valence-corrected chi connectivity index (χ2v) is 22.0. The van der Waals surface area contributed by atoms with Crippen LogP contribution in [0, 0.1) is 0 Å². The predicted octanol–water partition coefficient (Wildman–Crippen LogP) is 23.3. The van der Waals surface area contributed by atoms with E-state index >= 15 is 0 Å². The van der Waals surface area contributed by atoms with E-state index in [9.17, 15) is 14.4 Å². The molecule has 0 radical (unpaired) electrons. The summed E-state index contributed by atoms with van der Waals surface area (Å²) in [5.74, 6) is -0.949. The smallest absolute Gasteiger partial charge is 0.306 e. The van der Waals surface area contributed by atoms with Crippen LogP contribution in [0.1, 0.15) is 303 Å². The zero-order chi connectivity index (χ0) is 58.5. The van der Waals surface area contributed by atoms with Crippen molar-refractivity contribution in [2.45, 2.75) is 309 Å². The molecular formula is C75H124O6. The highest BCUT2D eigenvalue weighted by molar-refractivity contribution is 5.71. The van der Waals surface area contributed by atoms with Crippen molar-refractivity contribution in [3.63, 3.8) is 0 Å². The molecule has 0 aliphatic carbocycles. The fourth-order valence-corrected chi connectivity index (χ4v) is 9.07. The molecule has 1 atom stereocenters. The molecule has 0 spiro atoms. The molecule has 0 amide bonds. The number of carbonyl (C=O) groups is 3. The van der Waals surface area contributed by atoms with Gasteiger partial charge in [0.2, 0.25) is 0 Å². The highest BCUT2D eigenvalue weighted by Crippen LogP contribution is 2.15. The van der Waals surface area contributed by atoms with Crippen molar-refractivity contribution in [1.82, 2.24) is 0 Å². The predicted molar refractivity (Wildman–Crippen MR) is 353 cm³/mol. The average Bonchev–Trinajstić information content (AvgIpc) is 3.47. The van der Waals surface area contributed by atoms with Crippen molar-refractivity contribution in [2.75, 3.05) is 13.2 Å². The van der Waals surface area contributed by atoms with Gasteiger partial charge >= 0.3 is 17.9 Å². The Morgan fingerprint density at radius 2 is 0.481 bits per heavy atom. The quantitative estimate of drug-likeness (QED) is 0.0261. The van der Waals surface area contributed by atoms with Crippen LogP contribution in [0.2, 0.25) is 0 Å². The molecule has 6 heteroatoms. The molecule has 0 N–H and O–H groups in total. The molecule has 6 nitrogen and oxygen atoms in total. The summed E-state index contributed by atoms with van der Waals surface area (Å²) in [6.45, 7) is 6.47. The van der Waals surface area contributed by atoms with E-state index in [0.29, 0.717) is 25.7 Å². The van der Waals surface area contributed by atoms with Crippen molar-refractivity contribution in [3.8, 4) is 0 Å². The Labute approximate surface area is 500 Å². The molecule has 0 saturated carbocycles. The normalized spacial score (nSPS) is 13.0. The van der Waals surface area contributed by atoms with Crippen LogP contribution < -0.4 is 0 Å². The number of rotatable bonds is 60. The Morgan fingerprint density at radius 1 is 0.259 bits per heavy atom. The monoisotopic (exact) mass is 1120 g/mol. The van der Waals surface area contributed by atoms with Crippen molar-refractivity contribution in [2.24, 2.45) is 0 Å². The SMILES string of the molecule is CC/C=C\C/C=C\C/C=C\C/C=C\C/C=C\C/C=C\C/C=C\C/C=C\CCCCC(=O)OCC(COC(=O)CCCCCCCCC/C=C\C/C=C\CCCCC)OC(=O)CCCCCCCCCCC/C=C\CCCCCCCC. The second-order valence-electron chi connectivity index (χ2n) is 22.0. The second kappa shape index (κ2) is 68.1. The molecular weight excluding hydrogens is 997 g/mol. The van der Waals surface area contributed by atoms with Crippen LogP contribution in [0.25, 0.3) is 0 Å². The Kier molecular flexibility index (Phi) is 64.3. The van der Waals surface area contributed by atoms with E-state index in [1.807, 2.05) is 0 Å². The summed E-state index contributed by atoms with van der Waals surface area (Å²) >= 11 is 0. The third-order valence-electron chi connectivity index (χ3n) is 14.1. The number of unbranched alkanes of at least 4 members (excludes halogenated alkanes) is 27. The number of esters is 3. The Balaban J connectivity index is 4.48. The molecule has 0 fully saturated rings. The molecule has 0 rings (SSSR count). The third kappa shape index (κ3) is 66.2. The van der Waals surface area contributed by atoms with Gasteiger partial charge in [0.05, 0.1) is 0 Å². The van der Waals surface area contributed by atoms with E-state index in [4.69, 9.17) is 14.2 Å². The van der Waals surface area contributed by atoms with E-state index in [-0.39, 0.29) is 31.1 Å². The number of carbonyl (C=O) groups excluding carboxylic acids is 3. The van der Waals surface area contributed by atoms with Gasteiger partial charge in [0.1, 0.15) is 13.2 Å². The Hall–Kier alpha value is -4.45. The van der Waals surface area contributed by atoms with Crippen LogP contribution in [0.3, 0.4) is 0 Å². The molecule has 0 saturated heterocycles. The Bertz CT molecular complexity index is 1720. The third-order valence-corrected chi connectivity index (χ3v) is 14.1. The lowest BCUT2D eigenvalue weighted by molar-refractivity contribution is -0.167. The molecule has 0 aromatic heterocycles. The first kappa shape index (κ1) is 76.5. The maximum Gasteiger partial charge on any atom is 0.306 e. The highest BCUT2D eigenvalue weighted by atomic mass is 16.6. The van der Waals surface area contributed by atoms with E-state index in [1.165, 1.54) is 141 Å². The van der Waals surface area contributed by atoms with Crippen LogP contribution in [-0.4, -0.2) is 37.2 Å². The van der Waals surface area contributed by atoms with Crippen LogP contribution in [0.15, 0.2) is 134 Å². The van der Waals surface area contributed by atoms with Gasteiger partial charge < -0.3 is 14.2 Å². The minimum Gasteiger partial charge on any atom is -0.462 e. The number of hydrogen-bond donors (Lipinski definition) is 0. The summed E-state index contributed by atoms with van der Waals surface area (Å²) in [6, 6.07) is 0. The van der Waals surface area contributed by atoms with E-state index in [1.54, 1.807) is 0 Å². The minimum absolute atomic E-state index is 0.0995. The molecule has 1 unspecified atom stereocenters. The molecule has 0 aromatic carbocycles. The minimum atomic E-state index is -0.807. The van der Waals surface area contributed by atoms with Gasteiger partial charge in [-0.3, -0.25) is 14.4 Å². The lowest BCUT2D eigenvalue weighted by Crippen LogP contribution is -2.30. The fourth-order valence-electron chi connectivity index (χ4n) is 9.07. The van der Waals surface area contributed by atoms with Gasteiger partial charge in [0.25, 0.3) is 0 Å². The van der Waals surface area contributed by atoms with Crippen LogP contribution >= 0.6 is 0 Å². The lowest BCUT2D eigenvalue weighted by atomic mass is 10.1. The first-order valence-corrected chi connectivity index (χ1v) is 33.7. The summed E-state index contributed by atoms with van der Waals surface area (Å²) in [5, 5.41) is 0. The van der Waals surface area contributed by atoms with Gasteiger partial charge in [-0.25, -0.2) is 0 Å². The number of ether oxygens (including phenoxy) is 3. The summed E-state index contributed by atoms with van der Waals surface area (Å²) < 4.78 is 16.9. The molecule has 0 aliphatic rings. The van der Waals surface area contributed by atoms with E-state index in [2.05, 4.69) is 154 Å².